The van der Waals surface area contributed by atoms with Crippen molar-refractivity contribution in [1.82, 2.24) is 5.32 Å². The Hall–Kier alpha value is -2.24. The van der Waals surface area contributed by atoms with Crippen LogP contribution in [0.25, 0.3) is 0 Å². The number of benzene rings is 2. The van der Waals surface area contributed by atoms with E-state index in [0.717, 1.165) is 17.5 Å². The van der Waals surface area contributed by atoms with Crippen LogP contribution in [0.3, 0.4) is 0 Å². The lowest BCUT2D eigenvalue weighted by Gasteiger charge is -2.16. The van der Waals surface area contributed by atoms with Crippen LogP contribution < -0.4 is 14.8 Å². The number of hydrogen-bond donors (Lipinski definition) is 2. The Bertz CT molecular complexity index is 736. The number of carboxylic acids is 1. The highest BCUT2D eigenvalue weighted by Crippen LogP contribution is 2.37. The van der Waals surface area contributed by atoms with Crippen LogP contribution in [0.1, 0.15) is 17.5 Å². The summed E-state index contributed by atoms with van der Waals surface area (Å²) in [7, 11) is 0. The average molecular weight is 362 g/mol. The first-order valence-electron chi connectivity index (χ1n) is 8.21. The van der Waals surface area contributed by atoms with Crippen molar-refractivity contribution in [3.8, 4) is 11.5 Å². The van der Waals surface area contributed by atoms with Crippen LogP contribution in [-0.2, 0) is 17.8 Å². The van der Waals surface area contributed by atoms with Crippen molar-refractivity contribution in [2.75, 3.05) is 13.2 Å². The van der Waals surface area contributed by atoms with E-state index in [1.165, 1.54) is 0 Å². The third-order valence-electron chi connectivity index (χ3n) is 4.00. The maximum Gasteiger partial charge on any atom is 0.321 e. The molecule has 2 aromatic carbocycles. The minimum absolute atomic E-state index is 0.375. The zero-order chi connectivity index (χ0) is 17.6. The van der Waals surface area contributed by atoms with Crippen molar-refractivity contribution >= 4 is 17.6 Å². The van der Waals surface area contributed by atoms with E-state index in [9.17, 15) is 9.90 Å². The van der Waals surface area contributed by atoms with Gasteiger partial charge in [0.25, 0.3) is 0 Å². The van der Waals surface area contributed by atoms with E-state index in [2.05, 4.69) is 5.32 Å². The number of hydrogen-bond acceptors (Lipinski definition) is 4. The van der Waals surface area contributed by atoms with Crippen molar-refractivity contribution < 1.29 is 19.4 Å². The Balaban J connectivity index is 1.69. The van der Waals surface area contributed by atoms with Crippen LogP contribution in [-0.4, -0.2) is 30.3 Å². The molecule has 2 aromatic rings. The summed E-state index contributed by atoms with van der Waals surface area (Å²) >= 11 is 6.28. The maximum absolute atomic E-state index is 11.5. The first-order valence-corrected chi connectivity index (χ1v) is 8.59. The Labute approximate surface area is 151 Å². The molecule has 6 heteroatoms. The van der Waals surface area contributed by atoms with Crippen molar-refractivity contribution in [2.45, 2.75) is 25.4 Å². The topological polar surface area (TPSA) is 67.8 Å². The molecule has 1 aliphatic rings. The van der Waals surface area contributed by atoms with Gasteiger partial charge in [-0.05, 0) is 29.7 Å². The molecule has 1 atom stereocenters. The number of carboxylic acid groups (broad SMARTS) is 1. The summed E-state index contributed by atoms with van der Waals surface area (Å²) in [5.41, 5.74) is 1.83. The van der Waals surface area contributed by atoms with Gasteiger partial charge in [0.05, 0.1) is 18.2 Å². The molecule has 132 valence electrons. The first-order chi connectivity index (χ1) is 12.1. The third-order valence-corrected chi connectivity index (χ3v) is 4.28. The number of ether oxygens (including phenoxy) is 2. The predicted molar refractivity (Wildman–Crippen MR) is 95.5 cm³/mol. The van der Waals surface area contributed by atoms with Gasteiger partial charge in [0.2, 0.25) is 0 Å². The van der Waals surface area contributed by atoms with Gasteiger partial charge in [-0.15, -0.1) is 0 Å². The number of carbonyl (C=O) groups is 1. The van der Waals surface area contributed by atoms with E-state index in [1.807, 2.05) is 36.4 Å². The standard InChI is InChI=1S/C19H20ClNO4/c20-15-9-14(11-17-18(15)25-8-4-7-24-17)12-21-16(19(22)23)10-13-5-2-1-3-6-13/h1-3,5-6,9,11,16,21H,4,7-8,10,12H2,(H,22,23)/t16-/m1/s1. The van der Waals surface area contributed by atoms with Gasteiger partial charge >= 0.3 is 5.97 Å². The molecule has 0 saturated carbocycles. The maximum atomic E-state index is 11.5. The summed E-state index contributed by atoms with van der Waals surface area (Å²) in [5.74, 6) is 0.281. The Kier molecular flexibility index (Phi) is 5.79. The quantitative estimate of drug-likeness (QED) is 0.826. The number of fused-ring (bicyclic) bond motifs is 1. The first kappa shape index (κ1) is 17.6. The highest BCUT2D eigenvalue weighted by atomic mass is 35.5. The van der Waals surface area contributed by atoms with Crippen LogP contribution in [0, 0.1) is 0 Å². The molecular formula is C19H20ClNO4. The molecule has 1 heterocycles. The lowest BCUT2D eigenvalue weighted by molar-refractivity contribution is -0.139. The minimum atomic E-state index is -0.885. The van der Waals surface area contributed by atoms with Crippen LogP contribution in [0.15, 0.2) is 42.5 Å². The van der Waals surface area contributed by atoms with E-state index in [4.69, 9.17) is 21.1 Å². The second-order valence-corrected chi connectivity index (χ2v) is 6.32. The molecule has 0 saturated heterocycles. The second kappa shape index (κ2) is 8.23. The SMILES string of the molecule is O=C(O)[C@@H](Cc1ccccc1)NCc1cc(Cl)c2c(c1)OCCCO2. The molecule has 0 bridgehead atoms. The van der Waals surface area contributed by atoms with Crippen molar-refractivity contribution in [3.05, 3.63) is 58.6 Å². The summed E-state index contributed by atoms with van der Waals surface area (Å²) in [6.45, 7) is 1.52. The highest BCUT2D eigenvalue weighted by Gasteiger charge is 2.19. The zero-order valence-corrected chi connectivity index (χ0v) is 14.5. The van der Waals surface area contributed by atoms with Gasteiger partial charge in [-0.1, -0.05) is 41.9 Å². The summed E-state index contributed by atoms with van der Waals surface area (Å²) in [5, 5.41) is 13.0. The third kappa shape index (κ3) is 4.65. The minimum Gasteiger partial charge on any atom is -0.489 e. The normalized spacial score (nSPS) is 14.6. The van der Waals surface area contributed by atoms with Gasteiger partial charge in [0, 0.05) is 13.0 Å². The Morgan fingerprint density at radius 1 is 1.16 bits per heavy atom. The van der Waals surface area contributed by atoms with Gasteiger partial charge < -0.3 is 19.9 Å². The lowest BCUT2D eigenvalue weighted by Crippen LogP contribution is -2.38. The molecular weight excluding hydrogens is 342 g/mol. The number of aliphatic carboxylic acids is 1. The van der Waals surface area contributed by atoms with Gasteiger partial charge in [-0.25, -0.2) is 0 Å². The molecule has 25 heavy (non-hydrogen) atoms. The van der Waals surface area contributed by atoms with E-state index < -0.39 is 12.0 Å². The molecule has 0 aromatic heterocycles. The summed E-state index contributed by atoms with van der Waals surface area (Å²) in [6, 6.07) is 12.5. The van der Waals surface area contributed by atoms with Crippen molar-refractivity contribution in [1.29, 1.82) is 0 Å². The number of nitrogens with one attached hydrogen (secondary N) is 1. The zero-order valence-electron chi connectivity index (χ0n) is 13.7. The molecule has 5 nitrogen and oxygen atoms in total. The molecule has 0 fully saturated rings. The van der Waals surface area contributed by atoms with E-state index >= 15 is 0 Å². The lowest BCUT2D eigenvalue weighted by atomic mass is 10.1. The monoisotopic (exact) mass is 361 g/mol. The van der Waals surface area contributed by atoms with E-state index in [0.29, 0.717) is 42.7 Å². The van der Waals surface area contributed by atoms with Crippen LogP contribution in [0.5, 0.6) is 11.5 Å². The van der Waals surface area contributed by atoms with Crippen molar-refractivity contribution in [3.63, 3.8) is 0 Å². The average Bonchev–Trinajstić information content (AvgIpc) is 2.85. The fourth-order valence-electron chi connectivity index (χ4n) is 2.72. The largest absolute Gasteiger partial charge is 0.489 e. The van der Waals surface area contributed by atoms with Crippen LogP contribution in [0.2, 0.25) is 5.02 Å². The molecule has 1 aliphatic heterocycles. The summed E-state index contributed by atoms with van der Waals surface area (Å²) < 4.78 is 11.3. The van der Waals surface area contributed by atoms with Gasteiger partial charge in [0.1, 0.15) is 6.04 Å². The molecule has 0 spiro atoms. The predicted octanol–water partition coefficient (Wildman–Crippen LogP) is 3.29. The summed E-state index contributed by atoms with van der Waals surface area (Å²) in [4.78, 5) is 11.5. The molecule has 0 unspecified atom stereocenters. The summed E-state index contributed by atoms with van der Waals surface area (Å²) in [6.07, 6.45) is 1.21. The second-order valence-electron chi connectivity index (χ2n) is 5.92. The van der Waals surface area contributed by atoms with Crippen LogP contribution in [0.4, 0.5) is 0 Å². The Morgan fingerprint density at radius 3 is 2.68 bits per heavy atom. The fourth-order valence-corrected chi connectivity index (χ4v) is 3.01. The molecule has 2 N–H and O–H groups in total. The molecule has 0 amide bonds. The molecule has 0 aliphatic carbocycles. The molecule has 0 radical (unpaired) electrons. The van der Waals surface area contributed by atoms with Gasteiger partial charge in [0.15, 0.2) is 11.5 Å². The fraction of sp³-hybridized carbons (Fsp3) is 0.316. The van der Waals surface area contributed by atoms with E-state index in [-0.39, 0.29) is 0 Å². The van der Waals surface area contributed by atoms with E-state index in [1.54, 1.807) is 6.07 Å². The number of halogens is 1. The Morgan fingerprint density at radius 2 is 1.92 bits per heavy atom. The molecule has 3 rings (SSSR count). The van der Waals surface area contributed by atoms with Gasteiger partial charge in [-0.3, -0.25) is 4.79 Å². The van der Waals surface area contributed by atoms with Crippen LogP contribution >= 0.6 is 11.6 Å². The highest BCUT2D eigenvalue weighted by molar-refractivity contribution is 6.32. The van der Waals surface area contributed by atoms with Crippen molar-refractivity contribution in [2.24, 2.45) is 0 Å². The smallest absolute Gasteiger partial charge is 0.321 e. The number of rotatable bonds is 6. The van der Waals surface area contributed by atoms with Gasteiger partial charge in [-0.2, -0.15) is 0 Å².